The Morgan fingerprint density at radius 1 is 1.03 bits per heavy atom. The molecule has 0 aromatic heterocycles. The standard InChI is InChI=1S/C23H28N4O3.ClH/c1-2-3-16-30-21(28)13-6-17-4-9-19(10-5-17)26-14-15-27(23(26)29)20-11-7-18(8-12-20)22(24)25;/h4-5,7-12H,2-3,6,13-16H2,1H3,(H3,24,25);1H. The van der Waals surface area contributed by atoms with Crippen LogP contribution in [-0.4, -0.2) is 37.5 Å². The average molecular weight is 445 g/mol. The fraction of sp³-hybridized carbons (Fsp3) is 0.348. The van der Waals surface area contributed by atoms with Crippen LogP contribution in [0.3, 0.4) is 0 Å². The van der Waals surface area contributed by atoms with E-state index in [1.54, 1.807) is 34.1 Å². The van der Waals surface area contributed by atoms with Crippen molar-refractivity contribution in [3.63, 3.8) is 0 Å². The number of urea groups is 1. The van der Waals surface area contributed by atoms with Crippen molar-refractivity contribution >= 4 is 41.6 Å². The van der Waals surface area contributed by atoms with Crippen LogP contribution in [0.15, 0.2) is 48.5 Å². The number of anilines is 2. The number of hydrogen-bond acceptors (Lipinski definition) is 4. The van der Waals surface area contributed by atoms with Crippen LogP contribution in [-0.2, 0) is 16.0 Å². The SMILES string of the molecule is CCCCOC(=O)CCc1ccc(N2CCN(c3ccc(C(=N)N)cc3)C2=O)cc1.Cl. The van der Waals surface area contributed by atoms with Crippen LogP contribution in [0.5, 0.6) is 0 Å². The Morgan fingerprint density at radius 3 is 2.10 bits per heavy atom. The van der Waals surface area contributed by atoms with Gasteiger partial charge in [0.2, 0.25) is 0 Å². The molecule has 166 valence electrons. The number of carbonyl (C=O) groups excluding carboxylic acids is 2. The van der Waals surface area contributed by atoms with E-state index in [0.29, 0.717) is 38.1 Å². The number of nitrogen functional groups attached to an aromatic ring is 1. The van der Waals surface area contributed by atoms with Crippen LogP contribution in [0.4, 0.5) is 16.2 Å². The molecule has 2 amide bonds. The summed E-state index contributed by atoms with van der Waals surface area (Å²) in [5.41, 5.74) is 8.77. The average Bonchev–Trinajstić information content (AvgIpc) is 3.14. The summed E-state index contributed by atoms with van der Waals surface area (Å²) >= 11 is 0. The second-order valence-electron chi connectivity index (χ2n) is 7.29. The van der Waals surface area contributed by atoms with E-state index < -0.39 is 0 Å². The first kappa shape index (κ1) is 24.2. The van der Waals surface area contributed by atoms with E-state index in [4.69, 9.17) is 15.9 Å². The van der Waals surface area contributed by atoms with Crippen molar-refractivity contribution in [2.75, 3.05) is 29.5 Å². The molecule has 1 aliphatic rings. The Hall–Kier alpha value is -3.06. The van der Waals surface area contributed by atoms with Crippen LogP contribution in [0, 0.1) is 5.41 Å². The summed E-state index contributed by atoms with van der Waals surface area (Å²) < 4.78 is 5.18. The summed E-state index contributed by atoms with van der Waals surface area (Å²) in [6.07, 6.45) is 2.87. The molecule has 0 atom stereocenters. The zero-order chi connectivity index (χ0) is 21.5. The molecule has 0 aliphatic carbocycles. The van der Waals surface area contributed by atoms with Gasteiger partial charge in [0.1, 0.15) is 5.84 Å². The van der Waals surface area contributed by atoms with Crippen LogP contribution < -0.4 is 15.5 Å². The van der Waals surface area contributed by atoms with Gasteiger partial charge >= 0.3 is 12.0 Å². The summed E-state index contributed by atoms with van der Waals surface area (Å²) in [4.78, 5) is 28.1. The van der Waals surface area contributed by atoms with E-state index in [0.717, 1.165) is 29.8 Å². The molecule has 2 aromatic carbocycles. The minimum atomic E-state index is -0.173. The first-order chi connectivity index (χ1) is 14.5. The molecule has 31 heavy (non-hydrogen) atoms. The molecule has 3 N–H and O–H groups in total. The Labute approximate surface area is 189 Å². The minimum absolute atomic E-state index is 0. The number of halogens is 1. The number of amidine groups is 1. The first-order valence-electron chi connectivity index (χ1n) is 10.3. The van der Waals surface area contributed by atoms with Crippen LogP contribution in [0.1, 0.15) is 37.3 Å². The number of nitrogens with two attached hydrogens (primary N) is 1. The van der Waals surface area contributed by atoms with Crippen LogP contribution in [0.25, 0.3) is 0 Å². The highest BCUT2D eigenvalue weighted by Crippen LogP contribution is 2.26. The summed E-state index contributed by atoms with van der Waals surface area (Å²) in [6, 6.07) is 14.7. The number of nitrogens with zero attached hydrogens (tertiary/aromatic N) is 2. The molecule has 1 heterocycles. The molecular weight excluding hydrogens is 416 g/mol. The Balaban J connectivity index is 0.00000341. The van der Waals surface area contributed by atoms with Crippen molar-refractivity contribution in [2.45, 2.75) is 32.6 Å². The Morgan fingerprint density at radius 2 is 1.58 bits per heavy atom. The number of amides is 2. The summed E-state index contributed by atoms with van der Waals surface area (Å²) in [5.74, 6) is -0.168. The monoisotopic (exact) mass is 444 g/mol. The molecule has 8 heteroatoms. The van der Waals surface area contributed by atoms with E-state index in [1.807, 2.05) is 24.3 Å². The van der Waals surface area contributed by atoms with E-state index >= 15 is 0 Å². The van der Waals surface area contributed by atoms with Crippen LogP contribution in [0.2, 0.25) is 0 Å². The van der Waals surface area contributed by atoms with Gasteiger partial charge < -0.3 is 10.5 Å². The van der Waals surface area contributed by atoms with Crippen molar-refractivity contribution in [3.05, 3.63) is 59.7 Å². The predicted octanol–water partition coefficient (Wildman–Crippen LogP) is 4.11. The van der Waals surface area contributed by atoms with E-state index in [9.17, 15) is 9.59 Å². The molecule has 3 rings (SSSR count). The molecule has 0 spiro atoms. The van der Waals surface area contributed by atoms with Gasteiger partial charge in [0.25, 0.3) is 0 Å². The summed E-state index contributed by atoms with van der Waals surface area (Å²) in [7, 11) is 0. The lowest BCUT2D eigenvalue weighted by molar-refractivity contribution is -0.143. The number of benzene rings is 2. The lowest BCUT2D eigenvalue weighted by atomic mass is 10.1. The number of unbranched alkanes of at least 4 members (excludes halogenated alkanes) is 1. The third-order valence-corrected chi connectivity index (χ3v) is 5.13. The Bertz CT molecular complexity index is 900. The molecular formula is C23H29ClN4O3. The van der Waals surface area contributed by atoms with Crippen molar-refractivity contribution in [3.8, 4) is 0 Å². The minimum Gasteiger partial charge on any atom is -0.466 e. The van der Waals surface area contributed by atoms with Crippen molar-refractivity contribution < 1.29 is 14.3 Å². The molecule has 7 nitrogen and oxygen atoms in total. The third-order valence-electron chi connectivity index (χ3n) is 5.13. The number of aryl methyl sites for hydroxylation is 1. The zero-order valence-corrected chi connectivity index (χ0v) is 18.5. The van der Waals surface area contributed by atoms with Crippen molar-refractivity contribution in [1.29, 1.82) is 5.41 Å². The molecule has 0 saturated carbocycles. The van der Waals surface area contributed by atoms with Gasteiger partial charge in [-0.15, -0.1) is 12.4 Å². The molecule has 2 aromatic rings. The number of hydrogen-bond donors (Lipinski definition) is 2. The molecule has 0 unspecified atom stereocenters. The number of nitrogens with one attached hydrogen (secondary N) is 1. The third kappa shape index (κ3) is 6.21. The fourth-order valence-electron chi connectivity index (χ4n) is 3.33. The highest BCUT2D eigenvalue weighted by atomic mass is 35.5. The maximum Gasteiger partial charge on any atom is 0.329 e. The molecule has 0 bridgehead atoms. The number of carbonyl (C=O) groups is 2. The summed E-state index contributed by atoms with van der Waals surface area (Å²) in [5, 5.41) is 7.47. The smallest absolute Gasteiger partial charge is 0.329 e. The second kappa shape index (κ2) is 11.4. The lowest BCUT2D eigenvalue weighted by Gasteiger charge is -2.19. The molecule has 1 aliphatic heterocycles. The van der Waals surface area contributed by atoms with E-state index in [1.165, 1.54) is 0 Å². The number of ether oxygens (including phenoxy) is 1. The molecule has 1 saturated heterocycles. The van der Waals surface area contributed by atoms with Gasteiger partial charge in [-0.05, 0) is 54.8 Å². The van der Waals surface area contributed by atoms with Gasteiger partial charge in [0.05, 0.1) is 6.61 Å². The highest BCUT2D eigenvalue weighted by Gasteiger charge is 2.30. The second-order valence-corrected chi connectivity index (χ2v) is 7.29. The molecule has 0 radical (unpaired) electrons. The topological polar surface area (TPSA) is 99.7 Å². The predicted molar refractivity (Wildman–Crippen MR) is 125 cm³/mol. The normalized spacial score (nSPS) is 13.1. The maximum atomic E-state index is 12.9. The fourth-order valence-corrected chi connectivity index (χ4v) is 3.33. The van der Waals surface area contributed by atoms with E-state index in [2.05, 4.69) is 6.92 Å². The molecule has 1 fully saturated rings. The number of rotatable bonds is 9. The summed E-state index contributed by atoms with van der Waals surface area (Å²) in [6.45, 7) is 3.73. The van der Waals surface area contributed by atoms with E-state index in [-0.39, 0.29) is 30.2 Å². The van der Waals surface area contributed by atoms with Gasteiger partial charge in [-0.25, -0.2) is 4.79 Å². The Kier molecular flexibility index (Phi) is 8.88. The van der Waals surface area contributed by atoms with Gasteiger partial charge in [-0.2, -0.15) is 0 Å². The van der Waals surface area contributed by atoms with Gasteiger partial charge in [0, 0.05) is 36.4 Å². The lowest BCUT2D eigenvalue weighted by Crippen LogP contribution is -2.31. The largest absolute Gasteiger partial charge is 0.466 e. The van der Waals surface area contributed by atoms with Crippen molar-refractivity contribution in [2.24, 2.45) is 5.73 Å². The van der Waals surface area contributed by atoms with Crippen LogP contribution >= 0.6 is 12.4 Å². The van der Waals surface area contributed by atoms with Crippen molar-refractivity contribution in [1.82, 2.24) is 0 Å². The highest BCUT2D eigenvalue weighted by molar-refractivity contribution is 6.06. The quantitative estimate of drug-likeness (QED) is 0.263. The first-order valence-corrected chi connectivity index (χ1v) is 10.3. The zero-order valence-electron chi connectivity index (χ0n) is 17.7. The van der Waals surface area contributed by atoms with Gasteiger partial charge in [0.15, 0.2) is 0 Å². The number of esters is 1. The van der Waals surface area contributed by atoms with Gasteiger partial charge in [-0.1, -0.05) is 25.5 Å². The van der Waals surface area contributed by atoms with Gasteiger partial charge in [-0.3, -0.25) is 20.0 Å². The maximum absolute atomic E-state index is 12.9.